The van der Waals surface area contributed by atoms with Crippen molar-refractivity contribution in [1.82, 2.24) is 10.2 Å². The maximum Gasteiger partial charge on any atom is 0.277 e. The summed E-state index contributed by atoms with van der Waals surface area (Å²) >= 11 is 1.25. The second-order valence-corrected chi connectivity index (χ2v) is 5.79. The fourth-order valence-corrected chi connectivity index (χ4v) is 2.46. The molecule has 2 aromatic rings. The lowest BCUT2D eigenvalue weighted by molar-refractivity contribution is -0.113. The van der Waals surface area contributed by atoms with E-state index in [2.05, 4.69) is 15.5 Å². The van der Waals surface area contributed by atoms with Crippen molar-refractivity contribution in [1.29, 1.82) is 0 Å². The second kappa shape index (κ2) is 7.26. The lowest BCUT2D eigenvalue weighted by Crippen LogP contribution is -2.14. The Kier molecular flexibility index (Phi) is 5.38. The number of anilines is 1. The summed E-state index contributed by atoms with van der Waals surface area (Å²) in [5.74, 6) is 0.790. The van der Waals surface area contributed by atoms with Crippen LogP contribution in [0.3, 0.4) is 0 Å². The van der Waals surface area contributed by atoms with Crippen molar-refractivity contribution in [2.45, 2.75) is 38.8 Å². The molecule has 112 valence electrons. The first-order chi connectivity index (χ1) is 10.1. The average molecular weight is 305 g/mol. The molecular weight excluding hydrogens is 286 g/mol. The van der Waals surface area contributed by atoms with Crippen molar-refractivity contribution in [3.8, 4) is 0 Å². The third-order valence-corrected chi connectivity index (χ3v) is 3.71. The molecular formula is C15H19N3O2S. The van der Waals surface area contributed by atoms with E-state index in [1.807, 2.05) is 39.0 Å². The molecule has 0 unspecified atom stereocenters. The fourth-order valence-electron chi connectivity index (χ4n) is 1.88. The van der Waals surface area contributed by atoms with Crippen molar-refractivity contribution in [3.05, 3.63) is 35.2 Å². The molecule has 1 aromatic heterocycles. The van der Waals surface area contributed by atoms with Crippen LogP contribution in [-0.4, -0.2) is 21.9 Å². The molecule has 2 rings (SSSR count). The summed E-state index contributed by atoms with van der Waals surface area (Å²) in [6.07, 6.45) is 1.72. The number of aromatic nitrogens is 2. The van der Waals surface area contributed by atoms with Crippen LogP contribution in [0.2, 0.25) is 0 Å². The molecule has 0 saturated carbocycles. The third-order valence-electron chi connectivity index (χ3n) is 2.89. The lowest BCUT2D eigenvalue weighted by Gasteiger charge is -2.08. The highest BCUT2D eigenvalue weighted by Crippen LogP contribution is 2.19. The smallest absolute Gasteiger partial charge is 0.277 e. The van der Waals surface area contributed by atoms with E-state index in [0.717, 1.165) is 24.1 Å². The largest absolute Gasteiger partial charge is 0.416 e. The normalized spacial score (nSPS) is 10.6. The maximum absolute atomic E-state index is 11.9. The van der Waals surface area contributed by atoms with Crippen LogP contribution in [0.25, 0.3) is 0 Å². The predicted octanol–water partition coefficient (Wildman–Crippen LogP) is 3.37. The van der Waals surface area contributed by atoms with Gasteiger partial charge >= 0.3 is 0 Å². The van der Waals surface area contributed by atoms with Crippen molar-refractivity contribution in [2.24, 2.45) is 0 Å². The molecule has 1 aromatic carbocycles. The molecule has 0 radical (unpaired) electrons. The SMILES string of the molecule is CCCc1nnc(SCC(=O)Nc2ccc(C)cc2C)o1. The molecule has 1 N–H and O–H groups in total. The van der Waals surface area contributed by atoms with Crippen LogP contribution in [0, 0.1) is 13.8 Å². The molecule has 1 amide bonds. The van der Waals surface area contributed by atoms with Crippen LogP contribution in [0.15, 0.2) is 27.8 Å². The molecule has 0 saturated heterocycles. The molecule has 1 heterocycles. The average Bonchev–Trinajstić information content (AvgIpc) is 2.88. The minimum Gasteiger partial charge on any atom is -0.416 e. The number of carbonyl (C=O) groups excluding carboxylic acids is 1. The third kappa shape index (κ3) is 4.60. The zero-order valence-corrected chi connectivity index (χ0v) is 13.3. The number of thioether (sulfide) groups is 1. The molecule has 6 heteroatoms. The van der Waals surface area contributed by atoms with Crippen molar-refractivity contribution in [2.75, 3.05) is 11.1 Å². The summed E-state index contributed by atoms with van der Waals surface area (Å²) in [5.41, 5.74) is 3.06. The number of carbonyl (C=O) groups is 1. The van der Waals surface area contributed by atoms with E-state index >= 15 is 0 Å². The highest BCUT2D eigenvalue weighted by atomic mass is 32.2. The van der Waals surface area contributed by atoms with Crippen LogP contribution in [0.1, 0.15) is 30.4 Å². The van der Waals surface area contributed by atoms with Gasteiger partial charge in [-0.05, 0) is 31.9 Å². The monoisotopic (exact) mass is 305 g/mol. The van der Waals surface area contributed by atoms with Crippen LogP contribution >= 0.6 is 11.8 Å². The zero-order chi connectivity index (χ0) is 15.2. The Morgan fingerprint density at radius 3 is 2.86 bits per heavy atom. The molecule has 0 aliphatic carbocycles. The zero-order valence-electron chi connectivity index (χ0n) is 12.5. The van der Waals surface area contributed by atoms with Crippen molar-refractivity contribution >= 4 is 23.4 Å². The number of hydrogen-bond acceptors (Lipinski definition) is 5. The summed E-state index contributed by atoms with van der Waals surface area (Å²) in [4.78, 5) is 11.9. The Morgan fingerprint density at radius 2 is 2.14 bits per heavy atom. The van der Waals surface area contributed by atoms with E-state index in [1.165, 1.54) is 17.3 Å². The molecule has 21 heavy (non-hydrogen) atoms. The quantitative estimate of drug-likeness (QED) is 0.829. The summed E-state index contributed by atoms with van der Waals surface area (Å²) < 4.78 is 5.42. The Bertz CT molecular complexity index is 625. The number of benzene rings is 1. The van der Waals surface area contributed by atoms with Gasteiger partial charge in [0.15, 0.2) is 0 Å². The van der Waals surface area contributed by atoms with Gasteiger partial charge in [-0.15, -0.1) is 10.2 Å². The van der Waals surface area contributed by atoms with Gasteiger partial charge in [-0.25, -0.2) is 0 Å². The lowest BCUT2D eigenvalue weighted by atomic mass is 10.1. The number of amides is 1. The van der Waals surface area contributed by atoms with Gasteiger partial charge in [-0.1, -0.05) is 36.4 Å². The van der Waals surface area contributed by atoms with Gasteiger partial charge in [0, 0.05) is 12.1 Å². The fraction of sp³-hybridized carbons (Fsp3) is 0.400. The van der Waals surface area contributed by atoms with Crippen molar-refractivity contribution in [3.63, 3.8) is 0 Å². The van der Waals surface area contributed by atoms with Gasteiger partial charge in [0.1, 0.15) is 0 Å². The van der Waals surface area contributed by atoms with Crippen molar-refractivity contribution < 1.29 is 9.21 Å². The summed E-state index contributed by atoms with van der Waals surface area (Å²) in [6, 6.07) is 5.93. The Balaban J connectivity index is 1.86. The second-order valence-electron chi connectivity index (χ2n) is 4.87. The standard InChI is InChI=1S/C15H19N3O2S/c1-4-5-14-17-18-15(20-14)21-9-13(19)16-12-7-6-10(2)8-11(12)3/h6-8H,4-5,9H2,1-3H3,(H,16,19). The molecule has 5 nitrogen and oxygen atoms in total. The Hall–Kier alpha value is -1.82. The first-order valence-electron chi connectivity index (χ1n) is 6.90. The first-order valence-corrected chi connectivity index (χ1v) is 7.89. The van der Waals surface area contributed by atoms with E-state index in [0.29, 0.717) is 11.1 Å². The van der Waals surface area contributed by atoms with Gasteiger partial charge in [-0.2, -0.15) is 0 Å². The van der Waals surface area contributed by atoms with Gasteiger partial charge < -0.3 is 9.73 Å². The number of nitrogens with zero attached hydrogens (tertiary/aromatic N) is 2. The maximum atomic E-state index is 11.9. The van der Waals surface area contributed by atoms with Gasteiger partial charge in [0.05, 0.1) is 5.75 Å². The minimum atomic E-state index is -0.0813. The summed E-state index contributed by atoms with van der Waals surface area (Å²) in [7, 11) is 0. The van der Waals surface area contributed by atoms with E-state index < -0.39 is 0 Å². The first kappa shape index (κ1) is 15.6. The van der Waals surface area contributed by atoms with Gasteiger partial charge in [0.25, 0.3) is 5.22 Å². The summed E-state index contributed by atoms with van der Waals surface area (Å²) in [5, 5.41) is 11.2. The van der Waals surface area contributed by atoms with E-state index in [1.54, 1.807) is 0 Å². The van der Waals surface area contributed by atoms with Gasteiger partial charge in [-0.3, -0.25) is 4.79 Å². The highest BCUT2D eigenvalue weighted by Gasteiger charge is 2.10. The molecule has 0 bridgehead atoms. The van der Waals surface area contributed by atoms with E-state index in [4.69, 9.17) is 4.42 Å². The molecule has 0 fully saturated rings. The Labute approximate surface area is 128 Å². The number of rotatable bonds is 6. The van der Waals surface area contributed by atoms with Crippen LogP contribution in [-0.2, 0) is 11.2 Å². The molecule has 0 spiro atoms. The predicted molar refractivity (Wildman–Crippen MR) is 83.6 cm³/mol. The Morgan fingerprint density at radius 1 is 1.33 bits per heavy atom. The van der Waals surface area contributed by atoms with Gasteiger partial charge in [0.2, 0.25) is 11.8 Å². The van der Waals surface area contributed by atoms with Crippen LogP contribution < -0.4 is 5.32 Å². The molecule has 0 aliphatic rings. The topological polar surface area (TPSA) is 68.0 Å². The number of hydrogen-bond donors (Lipinski definition) is 1. The van der Waals surface area contributed by atoms with Crippen LogP contribution in [0.5, 0.6) is 0 Å². The highest BCUT2D eigenvalue weighted by molar-refractivity contribution is 7.99. The summed E-state index contributed by atoms with van der Waals surface area (Å²) in [6.45, 7) is 6.05. The molecule has 0 aliphatic heterocycles. The van der Waals surface area contributed by atoms with Crippen LogP contribution in [0.4, 0.5) is 5.69 Å². The minimum absolute atomic E-state index is 0.0813. The molecule has 0 atom stereocenters. The number of aryl methyl sites for hydroxylation is 3. The van der Waals surface area contributed by atoms with E-state index in [9.17, 15) is 4.79 Å². The van der Waals surface area contributed by atoms with E-state index in [-0.39, 0.29) is 11.7 Å². The number of nitrogens with one attached hydrogen (secondary N) is 1.